The number of hydrogen-bond acceptors (Lipinski definition) is 3. The lowest BCUT2D eigenvalue weighted by Gasteiger charge is -2.10. The minimum atomic E-state index is 0.176. The number of nitrogen functional groups attached to an aromatic ring is 1. The zero-order valence-electron chi connectivity index (χ0n) is 7.24. The van der Waals surface area contributed by atoms with Crippen LogP contribution in [0.5, 0.6) is 5.75 Å². The van der Waals surface area contributed by atoms with E-state index in [2.05, 4.69) is 12.6 Å². The maximum absolute atomic E-state index is 5.64. The molecule has 66 valence electrons. The molecule has 3 heteroatoms. The Morgan fingerprint density at radius 2 is 2.08 bits per heavy atom. The van der Waals surface area contributed by atoms with Crippen LogP contribution >= 0.6 is 12.6 Å². The molecule has 0 heterocycles. The van der Waals surface area contributed by atoms with Crippen LogP contribution in [0.2, 0.25) is 0 Å². The molecule has 0 aliphatic carbocycles. The van der Waals surface area contributed by atoms with Gasteiger partial charge in [-0.2, -0.15) is 0 Å². The molecular formula is C9H13NOS. The van der Waals surface area contributed by atoms with Crippen molar-refractivity contribution in [3.63, 3.8) is 0 Å². The van der Waals surface area contributed by atoms with Crippen LogP contribution in [0.25, 0.3) is 0 Å². The van der Waals surface area contributed by atoms with E-state index in [0.717, 1.165) is 10.6 Å². The molecule has 0 aliphatic heterocycles. The monoisotopic (exact) mass is 183 g/mol. The van der Waals surface area contributed by atoms with E-state index in [4.69, 9.17) is 10.5 Å². The van der Waals surface area contributed by atoms with Crippen LogP contribution in [0.3, 0.4) is 0 Å². The first-order chi connectivity index (χ1) is 5.59. The van der Waals surface area contributed by atoms with Crippen molar-refractivity contribution in [3.8, 4) is 5.75 Å². The summed E-state index contributed by atoms with van der Waals surface area (Å²) < 4.78 is 5.44. The van der Waals surface area contributed by atoms with Crippen molar-refractivity contribution in [2.24, 2.45) is 0 Å². The largest absolute Gasteiger partial charge is 0.491 e. The molecule has 0 spiro atoms. The molecule has 0 bridgehead atoms. The molecule has 0 saturated carbocycles. The van der Waals surface area contributed by atoms with Crippen molar-refractivity contribution in [1.82, 2.24) is 0 Å². The molecule has 1 aromatic rings. The Labute approximate surface area is 78.1 Å². The lowest BCUT2D eigenvalue weighted by Crippen LogP contribution is -2.05. The summed E-state index contributed by atoms with van der Waals surface area (Å²) in [6, 6.07) is 5.47. The van der Waals surface area contributed by atoms with Crippen LogP contribution < -0.4 is 10.5 Å². The smallest absolute Gasteiger partial charge is 0.121 e. The van der Waals surface area contributed by atoms with Crippen LogP contribution in [-0.2, 0) is 0 Å². The Kier molecular flexibility index (Phi) is 2.87. The van der Waals surface area contributed by atoms with Crippen molar-refractivity contribution < 1.29 is 4.74 Å². The highest BCUT2D eigenvalue weighted by Gasteiger charge is 1.99. The van der Waals surface area contributed by atoms with Crippen molar-refractivity contribution in [3.05, 3.63) is 18.2 Å². The van der Waals surface area contributed by atoms with Crippen molar-refractivity contribution in [2.75, 3.05) is 5.73 Å². The fourth-order valence-corrected chi connectivity index (χ4v) is 1.02. The van der Waals surface area contributed by atoms with E-state index in [-0.39, 0.29) is 6.10 Å². The van der Waals surface area contributed by atoms with E-state index in [1.54, 1.807) is 6.07 Å². The number of anilines is 1. The summed E-state index contributed by atoms with van der Waals surface area (Å²) >= 11 is 4.16. The molecule has 2 N–H and O–H groups in total. The fraction of sp³-hybridized carbons (Fsp3) is 0.333. The van der Waals surface area contributed by atoms with Gasteiger partial charge in [-0.25, -0.2) is 0 Å². The van der Waals surface area contributed by atoms with E-state index >= 15 is 0 Å². The Morgan fingerprint density at radius 3 is 2.58 bits per heavy atom. The predicted molar refractivity (Wildman–Crippen MR) is 53.9 cm³/mol. The van der Waals surface area contributed by atoms with Gasteiger partial charge in [0.25, 0.3) is 0 Å². The summed E-state index contributed by atoms with van der Waals surface area (Å²) in [4.78, 5) is 0.783. The Hall–Kier alpha value is -0.830. The minimum Gasteiger partial charge on any atom is -0.491 e. The first-order valence-corrected chi connectivity index (χ1v) is 4.29. The van der Waals surface area contributed by atoms with Crippen LogP contribution in [0, 0.1) is 0 Å². The second-order valence-electron chi connectivity index (χ2n) is 2.89. The summed E-state index contributed by atoms with van der Waals surface area (Å²) in [7, 11) is 0. The number of ether oxygens (including phenoxy) is 1. The van der Waals surface area contributed by atoms with E-state index in [1.165, 1.54) is 0 Å². The van der Waals surface area contributed by atoms with E-state index < -0.39 is 0 Å². The molecule has 2 nitrogen and oxygen atoms in total. The SMILES string of the molecule is CC(C)Oc1ccc(S)c(N)c1. The van der Waals surface area contributed by atoms with Crippen molar-refractivity contribution in [2.45, 2.75) is 24.8 Å². The normalized spacial score (nSPS) is 10.3. The topological polar surface area (TPSA) is 35.2 Å². The van der Waals surface area contributed by atoms with Crippen molar-refractivity contribution >= 4 is 18.3 Å². The highest BCUT2D eigenvalue weighted by atomic mass is 32.1. The molecule has 12 heavy (non-hydrogen) atoms. The standard InChI is InChI=1S/C9H13NOS/c1-6(2)11-7-3-4-9(12)8(10)5-7/h3-6,12H,10H2,1-2H3. The number of thiol groups is 1. The number of nitrogens with two attached hydrogens (primary N) is 1. The van der Waals surface area contributed by atoms with Gasteiger partial charge in [0.1, 0.15) is 5.75 Å². The third-order valence-corrected chi connectivity index (χ3v) is 1.78. The molecule has 0 saturated heterocycles. The quantitative estimate of drug-likeness (QED) is 0.545. The van der Waals surface area contributed by atoms with Gasteiger partial charge >= 0.3 is 0 Å². The molecular weight excluding hydrogens is 170 g/mol. The van der Waals surface area contributed by atoms with Crippen LogP contribution in [0.15, 0.2) is 23.1 Å². The molecule has 0 aromatic heterocycles. The fourth-order valence-electron chi connectivity index (χ4n) is 0.878. The lowest BCUT2D eigenvalue weighted by molar-refractivity contribution is 0.242. The average molecular weight is 183 g/mol. The van der Waals surface area contributed by atoms with E-state index in [0.29, 0.717) is 5.69 Å². The molecule has 0 amide bonds. The second kappa shape index (κ2) is 3.72. The molecule has 1 aromatic carbocycles. The van der Waals surface area contributed by atoms with Crippen LogP contribution in [0.1, 0.15) is 13.8 Å². The molecule has 0 atom stereocenters. The van der Waals surface area contributed by atoms with Gasteiger partial charge in [0, 0.05) is 16.6 Å². The van der Waals surface area contributed by atoms with Gasteiger partial charge in [-0.15, -0.1) is 12.6 Å². The summed E-state index contributed by atoms with van der Waals surface area (Å²) in [5, 5.41) is 0. The first-order valence-electron chi connectivity index (χ1n) is 3.84. The first kappa shape index (κ1) is 9.26. The van der Waals surface area contributed by atoms with Gasteiger partial charge < -0.3 is 10.5 Å². The van der Waals surface area contributed by atoms with Gasteiger partial charge in [-0.05, 0) is 26.0 Å². The summed E-state index contributed by atoms with van der Waals surface area (Å²) in [6.45, 7) is 3.95. The van der Waals surface area contributed by atoms with E-state index in [1.807, 2.05) is 26.0 Å². The third-order valence-electron chi connectivity index (χ3n) is 1.37. The van der Waals surface area contributed by atoms with Gasteiger partial charge in [0.15, 0.2) is 0 Å². The highest BCUT2D eigenvalue weighted by molar-refractivity contribution is 7.80. The summed E-state index contributed by atoms with van der Waals surface area (Å²) in [5.41, 5.74) is 6.29. The zero-order valence-corrected chi connectivity index (χ0v) is 8.14. The number of rotatable bonds is 2. The predicted octanol–water partition coefficient (Wildman–Crippen LogP) is 2.34. The third kappa shape index (κ3) is 2.34. The molecule has 0 fully saturated rings. The summed E-state index contributed by atoms with van der Waals surface area (Å²) in [5.74, 6) is 0.792. The lowest BCUT2D eigenvalue weighted by atomic mass is 10.3. The Balaban J connectivity index is 2.82. The maximum atomic E-state index is 5.64. The molecule has 0 unspecified atom stereocenters. The average Bonchev–Trinajstić information content (AvgIpc) is 1.96. The minimum absolute atomic E-state index is 0.176. The molecule has 0 aliphatic rings. The van der Waals surface area contributed by atoms with E-state index in [9.17, 15) is 0 Å². The highest BCUT2D eigenvalue weighted by Crippen LogP contribution is 2.22. The molecule has 1 rings (SSSR count). The number of hydrogen-bond donors (Lipinski definition) is 2. The Morgan fingerprint density at radius 1 is 1.42 bits per heavy atom. The van der Waals surface area contributed by atoms with Crippen molar-refractivity contribution in [1.29, 1.82) is 0 Å². The zero-order chi connectivity index (χ0) is 9.14. The second-order valence-corrected chi connectivity index (χ2v) is 3.37. The molecule has 0 radical (unpaired) electrons. The Bertz CT molecular complexity index is 273. The van der Waals surface area contributed by atoms with Gasteiger partial charge in [0.2, 0.25) is 0 Å². The van der Waals surface area contributed by atoms with Gasteiger partial charge in [-0.3, -0.25) is 0 Å². The van der Waals surface area contributed by atoms with Gasteiger partial charge in [-0.1, -0.05) is 0 Å². The van der Waals surface area contributed by atoms with Crippen LogP contribution in [-0.4, -0.2) is 6.10 Å². The number of benzene rings is 1. The van der Waals surface area contributed by atoms with Crippen LogP contribution in [0.4, 0.5) is 5.69 Å². The summed E-state index contributed by atoms with van der Waals surface area (Å²) in [6.07, 6.45) is 0.176. The maximum Gasteiger partial charge on any atom is 0.121 e. The van der Waals surface area contributed by atoms with Gasteiger partial charge in [0.05, 0.1) is 6.10 Å².